The van der Waals surface area contributed by atoms with Gasteiger partial charge in [0.25, 0.3) is 0 Å². The summed E-state index contributed by atoms with van der Waals surface area (Å²) < 4.78 is 0. The molecule has 0 radical (unpaired) electrons. The third kappa shape index (κ3) is 0.908. The average molecular weight is 153 g/mol. The van der Waals surface area contributed by atoms with E-state index in [2.05, 4.69) is 29.8 Å². The van der Waals surface area contributed by atoms with Crippen molar-refractivity contribution in [1.82, 2.24) is 0 Å². The van der Waals surface area contributed by atoms with E-state index in [0.29, 0.717) is 0 Å². The van der Waals surface area contributed by atoms with E-state index in [4.69, 9.17) is 0 Å². The summed E-state index contributed by atoms with van der Waals surface area (Å²) in [5.74, 6) is 1.99. The van der Waals surface area contributed by atoms with E-state index in [9.17, 15) is 0 Å². The van der Waals surface area contributed by atoms with Gasteiger partial charge in [0.15, 0.2) is 0 Å². The van der Waals surface area contributed by atoms with Gasteiger partial charge in [-0.05, 0) is 6.42 Å². The molecule has 54 valence electrons. The Labute approximate surface area is 65.6 Å². The molecule has 2 heteroatoms. The van der Waals surface area contributed by atoms with Gasteiger partial charge >= 0.3 is 0 Å². The summed E-state index contributed by atoms with van der Waals surface area (Å²) in [5, 5.41) is 0.722. The highest BCUT2D eigenvalue weighted by atomic mass is 32.2. The van der Waals surface area contributed by atoms with Crippen molar-refractivity contribution in [1.29, 1.82) is 0 Å². The van der Waals surface area contributed by atoms with Gasteiger partial charge in [-0.3, -0.25) is 4.99 Å². The lowest BCUT2D eigenvalue weighted by molar-refractivity contribution is 0.887. The molecule has 2 heterocycles. The van der Waals surface area contributed by atoms with Gasteiger partial charge in [0.1, 0.15) is 0 Å². The maximum Gasteiger partial charge on any atom is 0.0469 e. The van der Waals surface area contributed by atoms with Crippen LogP contribution in [0.25, 0.3) is 0 Å². The number of hydrogen-bond donors (Lipinski definition) is 0. The summed E-state index contributed by atoms with van der Waals surface area (Å²) in [6.07, 6.45) is 5.32. The second kappa shape index (κ2) is 2.42. The molecule has 1 saturated heterocycles. The smallest absolute Gasteiger partial charge is 0.0469 e. The Hall–Kier alpha value is -0.240. The zero-order valence-corrected chi connectivity index (χ0v) is 6.90. The predicted octanol–water partition coefficient (Wildman–Crippen LogP) is 2.10. The van der Waals surface area contributed by atoms with Crippen molar-refractivity contribution >= 4 is 17.5 Å². The number of fused-ring (bicyclic) bond motifs is 1. The maximum absolute atomic E-state index is 4.39. The maximum atomic E-state index is 4.39. The minimum absolute atomic E-state index is 0.722. The fourth-order valence-corrected chi connectivity index (χ4v) is 2.87. The molecule has 0 aromatic carbocycles. The molecular formula is C8H11NS. The topological polar surface area (TPSA) is 12.4 Å². The van der Waals surface area contributed by atoms with E-state index in [1.54, 1.807) is 0 Å². The lowest BCUT2D eigenvalue weighted by atomic mass is 10.0. The lowest BCUT2D eigenvalue weighted by Gasteiger charge is -2.11. The third-order valence-corrected chi connectivity index (χ3v) is 3.59. The van der Waals surface area contributed by atoms with Gasteiger partial charge in [0.05, 0.1) is 0 Å². The van der Waals surface area contributed by atoms with Crippen molar-refractivity contribution in [2.24, 2.45) is 10.9 Å². The van der Waals surface area contributed by atoms with Gasteiger partial charge in [0.2, 0.25) is 0 Å². The summed E-state index contributed by atoms with van der Waals surface area (Å²) in [7, 11) is 0. The molecule has 0 aliphatic carbocycles. The molecule has 0 saturated carbocycles. The van der Waals surface area contributed by atoms with Crippen LogP contribution >= 0.6 is 11.8 Å². The van der Waals surface area contributed by atoms with Crippen LogP contribution in [0.3, 0.4) is 0 Å². The van der Waals surface area contributed by atoms with E-state index in [1.165, 1.54) is 17.9 Å². The van der Waals surface area contributed by atoms with E-state index in [1.807, 2.05) is 6.20 Å². The quantitative estimate of drug-likeness (QED) is 0.519. The first kappa shape index (κ1) is 6.47. The van der Waals surface area contributed by atoms with E-state index < -0.39 is 0 Å². The van der Waals surface area contributed by atoms with Crippen molar-refractivity contribution in [3.63, 3.8) is 0 Å². The highest BCUT2D eigenvalue weighted by molar-refractivity contribution is 8.01. The van der Waals surface area contributed by atoms with Crippen LogP contribution in [0.5, 0.6) is 0 Å². The van der Waals surface area contributed by atoms with Crippen molar-refractivity contribution in [2.75, 3.05) is 5.75 Å². The Bertz CT molecular complexity index is 195. The molecular weight excluding hydrogens is 142 g/mol. The summed E-state index contributed by atoms with van der Waals surface area (Å²) in [6, 6.07) is 0. The van der Waals surface area contributed by atoms with Crippen LogP contribution in [0, 0.1) is 5.92 Å². The lowest BCUT2D eigenvalue weighted by Crippen LogP contribution is -2.17. The van der Waals surface area contributed by atoms with E-state index >= 15 is 0 Å². The molecule has 0 amide bonds. The van der Waals surface area contributed by atoms with Gasteiger partial charge in [-0.2, -0.15) is 11.8 Å². The molecule has 2 unspecified atom stereocenters. The average Bonchev–Trinajstić information content (AvgIpc) is 2.34. The summed E-state index contributed by atoms with van der Waals surface area (Å²) in [6.45, 7) is 2.27. The van der Waals surface area contributed by atoms with Crippen LogP contribution in [0.2, 0.25) is 0 Å². The number of nitrogens with zero attached hydrogens (tertiary/aromatic N) is 1. The molecule has 0 spiro atoms. The Balaban J connectivity index is 2.25. The first-order valence-electron chi connectivity index (χ1n) is 3.72. The standard InChI is InChI=1S/C8H11NS/c1-6-5-10-7-3-2-4-9-8(6)7/h2,4,6-7H,3,5H2,1H3. The fourth-order valence-electron chi connectivity index (χ4n) is 1.47. The second-order valence-electron chi connectivity index (χ2n) is 2.90. The Morgan fingerprint density at radius 1 is 1.70 bits per heavy atom. The minimum Gasteiger partial charge on any atom is -0.265 e. The van der Waals surface area contributed by atoms with Gasteiger partial charge in [0, 0.05) is 28.8 Å². The van der Waals surface area contributed by atoms with Crippen LogP contribution in [0.1, 0.15) is 13.3 Å². The molecule has 1 fully saturated rings. The monoisotopic (exact) mass is 153 g/mol. The number of rotatable bonds is 0. The molecule has 0 bridgehead atoms. The number of allylic oxidation sites excluding steroid dienone is 1. The highest BCUT2D eigenvalue weighted by Gasteiger charge is 2.29. The molecule has 0 aromatic rings. The zero-order valence-electron chi connectivity index (χ0n) is 6.08. The minimum atomic E-state index is 0.722. The number of thioether (sulfide) groups is 1. The van der Waals surface area contributed by atoms with Crippen molar-refractivity contribution < 1.29 is 0 Å². The molecule has 0 N–H and O–H groups in total. The van der Waals surface area contributed by atoms with Crippen LogP contribution in [-0.4, -0.2) is 16.7 Å². The summed E-state index contributed by atoms with van der Waals surface area (Å²) >= 11 is 2.05. The Morgan fingerprint density at radius 2 is 2.60 bits per heavy atom. The molecule has 0 aromatic heterocycles. The first-order chi connectivity index (χ1) is 4.88. The first-order valence-corrected chi connectivity index (χ1v) is 4.77. The zero-order chi connectivity index (χ0) is 6.97. The van der Waals surface area contributed by atoms with E-state index in [0.717, 1.165) is 11.2 Å². The SMILES string of the molecule is CC1CSC2CC=CN=C12. The molecule has 2 rings (SSSR count). The predicted molar refractivity (Wildman–Crippen MR) is 46.6 cm³/mol. The summed E-state index contributed by atoms with van der Waals surface area (Å²) in [4.78, 5) is 4.39. The molecule has 2 aliphatic heterocycles. The van der Waals surface area contributed by atoms with Crippen LogP contribution in [-0.2, 0) is 0 Å². The van der Waals surface area contributed by atoms with Gasteiger partial charge < -0.3 is 0 Å². The van der Waals surface area contributed by atoms with Gasteiger partial charge in [-0.15, -0.1) is 0 Å². The Morgan fingerprint density at radius 3 is 3.40 bits per heavy atom. The fraction of sp³-hybridized carbons (Fsp3) is 0.625. The van der Waals surface area contributed by atoms with Crippen LogP contribution in [0.15, 0.2) is 17.3 Å². The highest BCUT2D eigenvalue weighted by Crippen LogP contribution is 2.33. The third-order valence-electron chi connectivity index (χ3n) is 2.06. The van der Waals surface area contributed by atoms with E-state index in [-0.39, 0.29) is 0 Å². The van der Waals surface area contributed by atoms with Gasteiger partial charge in [-0.25, -0.2) is 0 Å². The number of aliphatic imine (C=N–C) groups is 1. The summed E-state index contributed by atoms with van der Waals surface area (Å²) in [5.41, 5.74) is 1.42. The molecule has 1 nitrogen and oxygen atoms in total. The van der Waals surface area contributed by atoms with Crippen molar-refractivity contribution in [3.05, 3.63) is 12.3 Å². The largest absolute Gasteiger partial charge is 0.265 e. The van der Waals surface area contributed by atoms with Crippen molar-refractivity contribution in [3.8, 4) is 0 Å². The Kier molecular flexibility index (Phi) is 1.57. The molecule has 2 atom stereocenters. The second-order valence-corrected chi connectivity index (χ2v) is 4.13. The van der Waals surface area contributed by atoms with Gasteiger partial charge in [-0.1, -0.05) is 13.0 Å². The van der Waals surface area contributed by atoms with Crippen LogP contribution < -0.4 is 0 Å². The van der Waals surface area contributed by atoms with Crippen LogP contribution in [0.4, 0.5) is 0 Å². The normalized spacial score (nSPS) is 37.5. The van der Waals surface area contributed by atoms with Crippen molar-refractivity contribution in [2.45, 2.75) is 18.6 Å². The number of hydrogen-bond acceptors (Lipinski definition) is 2. The molecule has 2 aliphatic rings. The molecule has 10 heavy (non-hydrogen) atoms.